The molecule has 0 saturated heterocycles. The maximum atomic E-state index is 12.9. The Kier molecular flexibility index (Phi) is 5.75. The predicted molar refractivity (Wildman–Crippen MR) is 101 cm³/mol. The fraction of sp³-hybridized carbons (Fsp3) is 0.211. The molecule has 9 nitrogen and oxygen atoms in total. The number of amides is 2. The molecule has 2 heterocycles. The Morgan fingerprint density at radius 1 is 1.21 bits per heavy atom. The standard InChI is InChI=1S/C19H20N6O3/c1-25-16(15-11-21-7-8-22-15)13(10-23-25)19(28)24-14(17(26)18(20)27)9-12-5-3-2-4-6-12/h2-8,10-11,14,17,26H,9H2,1H3,(H2,20,27)(H,24,28)/t14-,17?/m0/s1. The summed E-state index contributed by atoms with van der Waals surface area (Å²) < 4.78 is 1.51. The number of carbonyl (C=O) groups is 2. The lowest BCUT2D eigenvalue weighted by atomic mass is 10.00. The number of rotatable bonds is 7. The van der Waals surface area contributed by atoms with Crippen LogP contribution in [0, 0.1) is 0 Å². The Morgan fingerprint density at radius 2 is 1.96 bits per heavy atom. The van der Waals surface area contributed by atoms with Crippen molar-refractivity contribution in [1.82, 2.24) is 25.1 Å². The van der Waals surface area contributed by atoms with Crippen molar-refractivity contribution < 1.29 is 14.7 Å². The average Bonchev–Trinajstić information content (AvgIpc) is 3.09. The molecule has 1 aromatic carbocycles. The molecule has 2 aromatic heterocycles. The van der Waals surface area contributed by atoms with Gasteiger partial charge in [-0.3, -0.25) is 24.2 Å². The van der Waals surface area contributed by atoms with Crippen LogP contribution < -0.4 is 11.1 Å². The molecule has 0 saturated carbocycles. The van der Waals surface area contributed by atoms with Crippen LogP contribution >= 0.6 is 0 Å². The number of nitrogens with two attached hydrogens (primary N) is 1. The average molecular weight is 380 g/mol. The van der Waals surface area contributed by atoms with Crippen LogP contribution in [0.25, 0.3) is 11.4 Å². The number of aliphatic hydroxyl groups excluding tert-OH is 1. The monoisotopic (exact) mass is 380 g/mol. The first-order valence-corrected chi connectivity index (χ1v) is 8.58. The Labute approximate surface area is 161 Å². The van der Waals surface area contributed by atoms with Crippen molar-refractivity contribution in [3.63, 3.8) is 0 Å². The maximum Gasteiger partial charge on any atom is 0.255 e. The zero-order chi connectivity index (χ0) is 20.1. The molecule has 0 spiro atoms. The third-order valence-electron chi connectivity index (χ3n) is 4.28. The summed E-state index contributed by atoms with van der Waals surface area (Å²) in [5, 5.41) is 17.0. The van der Waals surface area contributed by atoms with E-state index >= 15 is 0 Å². The van der Waals surface area contributed by atoms with Gasteiger partial charge in [0.2, 0.25) is 5.91 Å². The third-order valence-corrected chi connectivity index (χ3v) is 4.28. The molecule has 4 N–H and O–H groups in total. The molecular formula is C19H20N6O3. The van der Waals surface area contributed by atoms with Gasteiger partial charge >= 0.3 is 0 Å². The van der Waals surface area contributed by atoms with Gasteiger partial charge in [-0.2, -0.15) is 5.10 Å². The van der Waals surface area contributed by atoms with E-state index in [2.05, 4.69) is 20.4 Å². The summed E-state index contributed by atoms with van der Waals surface area (Å²) in [7, 11) is 1.68. The molecular weight excluding hydrogens is 360 g/mol. The van der Waals surface area contributed by atoms with Crippen molar-refractivity contribution in [2.45, 2.75) is 18.6 Å². The SMILES string of the molecule is Cn1ncc(C(=O)N[C@@H](Cc2ccccc2)C(O)C(N)=O)c1-c1cnccn1. The highest BCUT2D eigenvalue weighted by molar-refractivity contribution is 6.00. The summed E-state index contributed by atoms with van der Waals surface area (Å²) in [4.78, 5) is 32.7. The highest BCUT2D eigenvalue weighted by Crippen LogP contribution is 2.20. The number of hydrogen-bond acceptors (Lipinski definition) is 6. The van der Waals surface area contributed by atoms with Crippen molar-refractivity contribution in [3.05, 3.63) is 66.2 Å². The first kappa shape index (κ1) is 19.2. The predicted octanol–water partition coefficient (Wildman–Crippen LogP) is 0.0644. The minimum atomic E-state index is -1.54. The molecule has 9 heteroatoms. The fourth-order valence-corrected chi connectivity index (χ4v) is 2.88. The van der Waals surface area contributed by atoms with Crippen LogP contribution in [0.15, 0.2) is 55.1 Å². The zero-order valence-corrected chi connectivity index (χ0v) is 15.2. The minimum Gasteiger partial charge on any atom is -0.381 e. The number of primary amides is 1. The van der Waals surface area contributed by atoms with Crippen LogP contribution in [0.2, 0.25) is 0 Å². The summed E-state index contributed by atoms with van der Waals surface area (Å²) in [5.41, 5.74) is 7.29. The number of carbonyl (C=O) groups excluding carboxylic acids is 2. The van der Waals surface area contributed by atoms with Gasteiger partial charge in [-0.05, 0) is 12.0 Å². The van der Waals surface area contributed by atoms with Gasteiger partial charge in [0.1, 0.15) is 11.4 Å². The first-order chi connectivity index (χ1) is 13.5. The molecule has 0 bridgehead atoms. The van der Waals surface area contributed by atoms with E-state index in [1.54, 1.807) is 7.05 Å². The Balaban J connectivity index is 1.88. The van der Waals surface area contributed by atoms with Crippen LogP contribution in [0.5, 0.6) is 0 Å². The van der Waals surface area contributed by atoms with Crippen molar-refractivity contribution >= 4 is 11.8 Å². The lowest BCUT2D eigenvalue weighted by molar-refractivity contribution is -0.127. The van der Waals surface area contributed by atoms with Crippen molar-refractivity contribution in [2.24, 2.45) is 12.8 Å². The van der Waals surface area contributed by atoms with Gasteiger partial charge in [0.15, 0.2) is 6.10 Å². The van der Waals surface area contributed by atoms with E-state index in [0.717, 1.165) is 5.56 Å². The van der Waals surface area contributed by atoms with E-state index in [1.807, 2.05) is 30.3 Å². The van der Waals surface area contributed by atoms with Crippen LogP contribution in [0.1, 0.15) is 15.9 Å². The molecule has 28 heavy (non-hydrogen) atoms. The number of aryl methyl sites for hydroxylation is 1. The number of benzene rings is 1. The highest BCUT2D eigenvalue weighted by atomic mass is 16.3. The van der Waals surface area contributed by atoms with E-state index in [9.17, 15) is 14.7 Å². The molecule has 2 atom stereocenters. The van der Waals surface area contributed by atoms with Crippen LogP contribution in [0.3, 0.4) is 0 Å². The molecule has 0 fully saturated rings. The van der Waals surface area contributed by atoms with E-state index < -0.39 is 24.0 Å². The van der Waals surface area contributed by atoms with E-state index in [0.29, 0.717) is 11.4 Å². The zero-order valence-electron chi connectivity index (χ0n) is 15.2. The normalized spacial score (nSPS) is 12.9. The van der Waals surface area contributed by atoms with Gasteiger partial charge in [0, 0.05) is 19.4 Å². The minimum absolute atomic E-state index is 0.234. The highest BCUT2D eigenvalue weighted by Gasteiger charge is 2.28. The van der Waals surface area contributed by atoms with E-state index in [1.165, 1.54) is 29.5 Å². The molecule has 144 valence electrons. The summed E-state index contributed by atoms with van der Waals surface area (Å²) in [6.07, 6.45) is 4.65. The largest absolute Gasteiger partial charge is 0.381 e. The third kappa shape index (κ3) is 4.21. The maximum absolute atomic E-state index is 12.9. The molecule has 0 aliphatic carbocycles. The number of hydrogen-bond donors (Lipinski definition) is 3. The smallest absolute Gasteiger partial charge is 0.255 e. The molecule has 1 unspecified atom stereocenters. The molecule has 0 radical (unpaired) electrons. The second kappa shape index (κ2) is 8.40. The lowest BCUT2D eigenvalue weighted by Crippen LogP contribution is -2.50. The second-order valence-corrected chi connectivity index (χ2v) is 6.24. The summed E-state index contributed by atoms with van der Waals surface area (Å²) in [6.45, 7) is 0. The fourth-order valence-electron chi connectivity index (χ4n) is 2.88. The Hall–Kier alpha value is -3.59. The Bertz CT molecular complexity index is 958. The number of nitrogens with one attached hydrogen (secondary N) is 1. The van der Waals surface area contributed by atoms with E-state index in [-0.39, 0.29) is 12.0 Å². The number of nitrogens with zero attached hydrogens (tertiary/aromatic N) is 4. The molecule has 0 aliphatic heterocycles. The number of aromatic nitrogens is 4. The van der Waals surface area contributed by atoms with Gasteiger partial charge in [0.25, 0.3) is 5.91 Å². The van der Waals surface area contributed by atoms with Crippen molar-refractivity contribution in [2.75, 3.05) is 0 Å². The van der Waals surface area contributed by atoms with Crippen LogP contribution in [-0.2, 0) is 18.3 Å². The number of aliphatic hydroxyl groups is 1. The quantitative estimate of drug-likeness (QED) is 0.530. The van der Waals surface area contributed by atoms with Gasteiger partial charge in [-0.15, -0.1) is 0 Å². The summed E-state index contributed by atoms with van der Waals surface area (Å²) in [6, 6.07) is 8.28. The van der Waals surface area contributed by atoms with Crippen LogP contribution in [0.4, 0.5) is 0 Å². The molecule has 0 aliphatic rings. The van der Waals surface area contributed by atoms with Crippen molar-refractivity contribution in [1.29, 1.82) is 0 Å². The van der Waals surface area contributed by atoms with Gasteiger partial charge in [-0.1, -0.05) is 30.3 Å². The first-order valence-electron chi connectivity index (χ1n) is 8.58. The molecule has 2 amide bonds. The van der Waals surface area contributed by atoms with Crippen LogP contribution in [-0.4, -0.2) is 48.8 Å². The summed E-state index contributed by atoms with van der Waals surface area (Å²) in [5.74, 6) is -1.42. The molecule has 3 rings (SSSR count). The van der Waals surface area contributed by atoms with Gasteiger partial charge < -0.3 is 16.2 Å². The lowest BCUT2D eigenvalue weighted by Gasteiger charge is -2.22. The van der Waals surface area contributed by atoms with Gasteiger partial charge in [-0.25, -0.2) is 0 Å². The Morgan fingerprint density at radius 3 is 2.61 bits per heavy atom. The van der Waals surface area contributed by atoms with E-state index in [4.69, 9.17) is 5.73 Å². The topological polar surface area (TPSA) is 136 Å². The molecule has 3 aromatic rings. The second-order valence-electron chi connectivity index (χ2n) is 6.24. The van der Waals surface area contributed by atoms with Crippen molar-refractivity contribution in [3.8, 4) is 11.4 Å². The van der Waals surface area contributed by atoms with Gasteiger partial charge in [0.05, 0.1) is 24.0 Å². The summed E-state index contributed by atoms with van der Waals surface area (Å²) >= 11 is 0.